The Morgan fingerprint density at radius 3 is 1.69 bits per heavy atom. The third-order valence-corrected chi connectivity index (χ3v) is 4.62. The first-order chi connectivity index (χ1) is 13.9. The van der Waals surface area contributed by atoms with E-state index >= 15 is 0 Å². The number of rotatable bonds is 15. The zero-order valence-corrected chi connectivity index (χ0v) is 17.1. The van der Waals surface area contributed by atoms with Crippen LogP contribution < -0.4 is 0 Å². The van der Waals surface area contributed by atoms with Gasteiger partial charge in [0.2, 0.25) is 19.2 Å². The lowest BCUT2D eigenvalue weighted by Crippen LogP contribution is -2.41. The highest BCUT2D eigenvalue weighted by Gasteiger charge is 2.14. The Hall–Kier alpha value is -3.10. The Kier molecular flexibility index (Phi) is 10.8. The largest absolute Gasteiger partial charge is 0.465 e. The second kappa shape index (κ2) is 13.1. The summed E-state index contributed by atoms with van der Waals surface area (Å²) in [7, 11) is 0. The number of hydrogen-bond acceptors (Lipinski definition) is 4. The molecule has 0 fully saturated rings. The molecule has 0 aliphatic carbocycles. The number of benzene rings is 1. The highest BCUT2D eigenvalue weighted by molar-refractivity contribution is 5.65. The maximum absolute atomic E-state index is 11.5. The molecule has 1 aromatic carbocycles. The molecule has 0 saturated carbocycles. The Labute approximate surface area is 171 Å². The van der Waals surface area contributed by atoms with E-state index in [9.17, 15) is 24.3 Å². The minimum atomic E-state index is -1.06. The molecule has 1 rings (SSSR count). The van der Waals surface area contributed by atoms with E-state index in [0.29, 0.717) is 39.0 Å². The smallest absolute Gasteiger partial charge is 0.407 e. The maximum Gasteiger partial charge on any atom is 0.407 e. The van der Waals surface area contributed by atoms with Crippen LogP contribution in [0.25, 0.3) is 0 Å². The van der Waals surface area contributed by atoms with Gasteiger partial charge in [0.25, 0.3) is 0 Å². The van der Waals surface area contributed by atoms with Crippen molar-refractivity contribution in [2.75, 3.05) is 45.8 Å². The zero-order valence-electron chi connectivity index (χ0n) is 17.1. The number of likely N-dealkylation sites (N-methyl/N-ethyl adjacent to an activating group) is 1. The zero-order chi connectivity index (χ0) is 21.6. The number of aryl methyl sites for hydroxylation is 1. The monoisotopic (exact) mass is 406 g/mol. The predicted octanol–water partition coefficient (Wildman–Crippen LogP) is 0.870. The van der Waals surface area contributed by atoms with Crippen LogP contribution in [-0.2, 0) is 20.9 Å². The summed E-state index contributed by atoms with van der Waals surface area (Å²) in [5, 5.41) is 9.43. The van der Waals surface area contributed by atoms with Gasteiger partial charge in [-0.25, -0.2) is 4.79 Å². The van der Waals surface area contributed by atoms with Crippen molar-refractivity contribution in [3.63, 3.8) is 0 Å². The molecule has 0 atom stereocenters. The molecule has 1 aromatic rings. The van der Waals surface area contributed by atoms with Gasteiger partial charge in [-0.3, -0.25) is 14.4 Å². The lowest BCUT2D eigenvalue weighted by Gasteiger charge is -2.26. The molecule has 0 aliphatic heterocycles. The molecule has 0 radical (unpaired) electrons. The summed E-state index contributed by atoms with van der Waals surface area (Å²) in [6.45, 7) is 6.38. The summed E-state index contributed by atoms with van der Waals surface area (Å²) >= 11 is 0. The van der Waals surface area contributed by atoms with E-state index in [1.807, 2.05) is 38.1 Å². The van der Waals surface area contributed by atoms with E-state index in [-0.39, 0.29) is 26.2 Å². The molecule has 1 N–H and O–H groups in total. The van der Waals surface area contributed by atoms with E-state index in [2.05, 4.69) is 0 Å². The van der Waals surface area contributed by atoms with Crippen LogP contribution in [0.3, 0.4) is 0 Å². The lowest BCUT2D eigenvalue weighted by atomic mass is 10.1. The topological polar surface area (TPSA) is 101 Å². The molecule has 0 saturated heterocycles. The van der Waals surface area contributed by atoms with Gasteiger partial charge < -0.3 is 24.7 Å². The molecule has 29 heavy (non-hydrogen) atoms. The molecule has 9 heteroatoms. The normalized spacial score (nSPS) is 10.1. The van der Waals surface area contributed by atoms with E-state index in [1.165, 1.54) is 14.7 Å². The summed E-state index contributed by atoms with van der Waals surface area (Å²) in [6.07, 6.45) is 1.01. The summed E-state index contributed by atoms with van der Waals surface area (Å²) < 4.78 is 0. The van der Waals surface area contributed by atoms with Crippen molar-refractivity contribution in [2.24, 2.45) is 0 Å². The van der Waals surface area contributed by atoms with Crippen molar-refractivity contribution >= 4 is 25.3 Å². The minimum absolute atomic E-state index is 0.164. The molecule has 0 spiro atoms. The van der Waals surface area contributed by atoms with Crippen LogP contribution in [0.4, 0.5) is 4.79 Å². The van der Waals surface area contributed by atoms with Crippen LogP contribution in [0.2, 0.25) is 0 Å². The molecule has 4 amide bonds. The predicted molar refractivity (Wildman–Crippen MR) is 108 cm³/mol. The third kappa shape index (κ3) is 9.09. The van der Waals surface area contributed by atoms with Crippen molar-refractivity contribution in [2.45, 2.75) is 20.4 Å². The quantitative estimate of drug-likeness (QED) is 0.436. The van der Waals surface area contributed by atoms with Gasteiger partial charge in [-0.2, -0.15) is 0 Å². The first kappa shape index (κ1) is 23.9. The first-order valence-corrected chi connectivity index (χ1v) is 9.54. The molecule has 0 aliphatic rings. The maximum atomic E-state index is 11.5. The highest BCUT2D eigenvalue weighted by atomic mass is 16.4. The number of carboxylic acid groups (broad SMARTS) is 1. The molecule has 0 bridgehead atoms. The number of amides is 4. The molecule has 160 valence electrons. The lowest BCUT2D eigenvalue weighted by molar-refractivity contribution is -0.123. The van der Waals surface area contributed by atoms with Gasteiger partial charge in [0.1, 0.15) is 0 Å². The Morgan fingerprint density at radius 1 is 0.828 bits per heavy atom. The van der Waals surface area contributed by atoms with Gasteiger partial charge in [-0.1, -0.05) is 29.8 Å². The van der Waals surface area contributed by atoms with Crippen LogP contribution in [0, 0.1) is 6.92 Å². The number of carbonyl (C=O) groups excluding carboxylic acids is 3. The van der Waals surface area contributed by atoms with Gasteiger partial charge >= 0.3 is 6.09 Å². The van der Waals surface area contributed by atoms with Crippen LogP contribution in [0.15, 0.2) is 24.3 Å². The molecule has 0 heterocycles. The van der Waals surface area contributed by atoms with Crippen LogP contribution in [-0.4, -0.2) is 95.8 Å². The number of nitrogens with zero attached hydrogens (tertiary/aromatic N) is 4. The van der Waals surface area contributed by atoms with E-state index in [4.69, 9.17) is 0 Å². The Balaban J connectivity index is 2.51. The second-order valence-electron chi connectivity index (χ2n) is 6.71. The van der Waals surface area contributed by atoms with Gasteiger partial charge in [0, 0.05) is 52.4 Å². The fraction of sp³-hybridized carbons (Fsp3) is 0.500. The standard InChI is InChI=1S/C20H30N4O5/c1-3-21(15-25)8-9-22(16-26)10-11-23(17-27)12-13-24(20(28)29)14-19-6-4-18(2)5-7-19/h4-7,15-17H,3,8-14H2,1-2H3,(H,28,29). The number of carbonyl (C=O) groups is 4. The fourth-order valence-corrected chi connectivity index (χ4v) is 2.64. The van der Waals surface area contributed by atoms with Crippen molar-refractivity contribution in [3.05, 3.63) is 35.4 Å². The van der Waals surface area contributed by atoms with Gasteiger partial charge in [-0.05, 0) is 19.4 Å². The summed E-state index contributed by atoms with van der Waals surface area (Å²) in [5.41, 5.74) is 1.97. The molecule has 9 nitrogen and oxygen atoms in total. The van der Waals surface area contributed by atoms with Gasteiger partial charge in [0.15, 0.2) is 0 Å². The average Bonchev–Trinajstić information content (AvgIpc) is 2.72. The third-order valence-electron chi connectivity index (χ3n) is 4.62. The summed E-state index contributed by atoms with van der Waals surface area (Å²) in [4.78, 5) is 50.6. The Morgan fingerprint density at radius 2 is 1.28 bits per heavy atom. The van der Waals surface area contributed by atoms with E-state index in [1.54, 1.807) is 4.90 Å². The number of hydrogen-bond donors (Lipinski definition) is 1. The Bertz CT molecular complexity index is 653. The molecular formula is C20H30N4O5. The van der Waals surface area contributed by atoms with E-state index in [0.717, 1.165) is 17.5 Å². The minimum Gasteiger partial charge on any atom is -0.465 e. The van der Waals surface area contributed by atoms with Crippen molar-refractivity contribution < 1.29 is 24.3 Å². The molecular weight excluding hydrogens is 376 g/mol. The first-order valence-electron chi connectivity index (χ1n) is 9.54. The fourth-order valence-electron chi connectivity index (χ4n) is 2.64. The summed E-state index contributed by atoms with van der Waals surface area (Å²) in [5.74, 6) is 0. The van der Waals surface area contributed by atoms with E-state index < -0.39 is 6.09 Å². The molecule has 0 unspecified atom stereocenters. The van der Waals surface area contributed by atoms with Crippen LogP contribution in [0.5, 0.6) is 0 Å². The van der Waals surface area contributed by atoms with Gasteiger partial charge in [0.05, 0.1) is 0 Å². The summed E-state index contributed by atoms with van der Waals surface area (Å²) in [6, 6.07) is 7.60. The van der Waals surface area contributed by atoms with Crippen molar-refractivity contribution in [3.8, 4) is 0 Å². The van der Waals surface area contributed by atoms with Crippen LogP contribution >= 0.6 is 0 Å². The SMILES string of the molecule is CCN(C=O)CCN(C=O)CCN(C=O)CCN(Cc1ccc(C)cc1)C(=O)O. The molecule has 0 aromatic heterocycles. The van der Waals surface area contributed by atoms with Gasteiger partial charge in [-0.15, -0.1) is 0 Å². The van der Waals surface area contributed by atoms with Crippen LogP contribution in [0.1, 0.15) is 18.1 Å². The highest BCUT2D eigenvalue weighted by Crippen LogP contribution is 2.07. The average molecular weight is 406 g/mol. The van der Waals surface area contributed by atoms with Crippen molar-refractivity contribution in [1.82, 2.24) is 19.6 Å². The van der Waals surface area contributed by atoms with Crippen molar-refractivity contribution in [1.29, 1.82) is 0 Å². The second-order valence-corrected chi connectivity index (χ2v) is 6.71.